The van der Waals surface area contributed by atoms with Crippen molar-refractivity contribution in [1.29, 1.82) is 0 Å². The molecule has 0 bridgehead atoms. The first-order valence-corrected chi connectivity index (χ1v) is 7.61. The predicted molar refractivity (Wildman–Crippen MR) is 91.9 cm³/mol. The van der Waals surface area contributed by atoms with E-state index in [1.807, 2.05) is 37.3 Å². The third-order valence-corrected chi connectivity index (χ3v) is 3.53. The highest BCUT2D eigenvalue weighted by molar-refractivity contribution is 5.82. The monoisotopic (exact) mass is 322 g/mol. The SMILES string of the molecule is Cc1cc(COc2ccc(OCC(N)=O)cc2)c2ccccc2n1. The predicted octanol–water partition coefficient (Wildman–Crippen LogP) is 2.99. The van der Waals surface area contributed by atoms with Crippen LogP contribution in [-0.4, -0.2) is 17.5 Å². The quantitative estimate of drug-likeness (QED) is 0.757. The summed E-state index contributed by atoms with van der Waals surface area (Å²) in [5, 5.41) is 1.09. The topological polar surface area (TPSA) is 74.4 Å². The van der Waals surface area contributed by atoms with Gasteiger partial charge in [-0.3, -0.25) is 9.78 Å². The number of amides is 1. The number of carbonyl (C=O) groups excluding carboxylic acids is 1. The Labute approximate surface area is 140 Å². The molecule has 24 heavy (non-hydrogen) atoms. The third-order valence-electron chi connectivity index (χ3n) is 3.53. The fraction of sp³-hybridized carbons (Fsp3) is 0.158. The lowest BCUT2D eigenvalue weighted by Crippen LogP contribution is -2.19. The summed E-state index contributed by atoms with van der Waals surface area (Å²) in [4.78, 5) is 15.2. The van der Waals surface area contributed by atoms with Gasteiger partial charge in [-0.2, -0.15) is 0 Å². The lowest BCUT2D eigenvalue weighted by molar-refractivity contribution is -0.119. The molecule has 0 aliphatic heterocycles. The number of para-hydroxylation sites is 1. The van der Waals surface area contributed by atoms with Crippen LogP contribution in [0.5, 0.6) is 11.5 Å². The van der Waals surface area contributed by atoms with Gasteiger partial charge in [0.05, 0.1) is 5.52 Å². The van der Waals surface area contributed by atoms with E-state index in [0.29, 0.717) is 12.4 Å². The maximum atomic E-state index is 10.7. The summed E-state index contributed by atoms with van der Waals surface area (Å²) in [6, 6.07) is 17.1. The van der Waals surface area contributed by atoms with Gasteiger partial charge < -0.3 is 15.2 Å². The van der Waals surface area contributed by atoms with Crippen LogP contribution in [0.2, 0.25) is 0 Å². The molecule has 0 saturated carbocycles. The second-order valence-corrected chi connectivity index (χ2v) is 5.45. The van der Waals surface area contributed by atoms with Gasteiger partial charge in [-0.15, -0.1) is 0 Å². The molecule has 3 rings (SSSR count). The number of fused-ring (bicyclic) bond motifs is 1. The normalized spacial score (nSPS) is 10.5. The van der Waals surface area contributed by atoms with E-state index >= 15 is 0 Å². The van der Waals surface area contributed by atoms with E-state index in [-0.39, 0.29) is 6.61 Å². The minimum Gasteiger partial charge on any atom is -0.489 e. The summed E-state index contributed by atoms with van der Waals surface area (Å²) < 4.78 is 11.1. The summed E-state index contributed by atoms with van der Waals surface area (Å²) in [7, 11) is 0. The van der Waals surface area contributed by atoms with E-state index in [2.05, 4.69) is 4.98 Å². The Balaban J connectivity index is 1.71. The fourth-order valence-corrected chi connectivity index (χ4v) is 2.46. The molecule has 0 spiro atoms. The van der Waals surface area contributed by atoms with Crippen molar-refractivity contribution in [3.63, 3.8) is 0 Å². The van der Waals surface area contributed by atoms with Gasteiger partial charge in [-0.25, -0.2) is 0 Å². The third kappa shape index (κ3) is 3.81. The van der Waals surface area contributed by atoms with Crippen molar-refractivity contribution in [1.82, 2.24) is 4.98 Å². The van der Waals surface area contributed by atoms with E-state index in [0.717, 1.165) is 27.9 Å². The molecular formula is C19H18N2O3. The second kappa shape index (κ2) is 7.00. The number of rotatable bonds is 6. The molecule has 0 unspecified atom stereocenters. The number of pyridine rings is 1. The number of benzene rings is 2. The van der Waals surface area contributed by atoms with Crippen LogP contribution in [-0.2, 0) is 11.4 Å². The van der Waals surface area contributed by atoms with Gasteiger partial charge in [0, 0.05) is 16.6 Å². The van der Waals surface area contributed by atoms with Crippen LogP contribution in [0.25, 0.3) is 10.9 Å². The summed E-state index contributed by atoms with van der Waals surface area (Å²) in [6.45, 7) is 2.29. The molecular weight excluding hydrogens is 304 g/mol. The van der Waals surface area contributed by atoms with Gasteiger partial charge in [-0.1, -0.05) is 18.2 Å². The van der Waals surface area contributed by atoms with Gasteiger partial charge in [-0.05, 0) is 43.3 Å². The molecule has 0 saturated heterocycles. The number of nitrogens with two attached hydrogens (primary N) is 1. The van der Waals surface area contributed by atoms with Crippen molar-refractivity contribution >= 4 is 16.8 Å². The largest absolute Gasteiger partial charge is 0.489 e. The van der Waals surface area contributed by atoms with Crippen LogP contribution >= 0.6 is 0 Å². The molecule has 2 N–H and O–H groups in total. The van der Waals surface area contributed by atoms with E-state index in [4.69, 9.17) is 15.2 Å². The summed E-state index contributed by atoms with van der Waals surface area (Å²) in [5.41, 5.74) is 8.06. The maximum absolute atomic E-state index is 10.7. The van der Waals surface area contributed by atoms with Crippen LogP contribution in [0, 0.1) is 6.92 Å². The average Bonchev–Trinajstić information content (AvgIpc) is 2.58. The molecule has 5 nitrogen and oxygen atoms in total. The number of primary amides is 1. The molecule has 5 heteroatoms. The Morgan fingerprint density at radius 2 is 1.71 bits per heavy atom. The number of hydrogen-bond acceptors (Lipinski definition) is 4. The maximum Gasteiger partial charge on any atom is 0.255 e. The molecule has 1 aromatic heterocycles. The standard InChI is InChI=1S/C19H18N2O3/c1-13-10-14(17-4-2-3-5-18(17)21-13)11-23-15-6-8-16(9-7-15)24-12-19(20)22/h2-10H,11-12H2,1H3,(H2,20,22). The van der Waals surface area contributed by atoms with Gasteiger partial charge >= 0.3 is 0 Å². The van der Waals surface area contributed by atoms with Crippen LogP contribution in [0.1, 0.15) is 11.3 Å². The summed E-state index contributed by atoms with van der Waals surface area (Å²) >= 11 is 0. The summed E-state index contributed by atoms with van der Waals surface area (Å²) in [5.74, 6) is 0.793. The van der Waals surface area contributed by atoms with E-state index in [1.54, 1.807) is 24.3 Å². The Kier molecular flexibility index (Phi) is 4.61. The zero-order valence-corrected chi connectivity index (χ0v) is 13.4. The Hall–Kier alpha value is -3.08. The number of aryl methyl sites for hydroxylation is 1. The van der Waals surface area contributed by atoms with Crippen LogP contribution < -0.4 is 15.2 Å². The molecule has 3 aromatic rings. The molecule has 122 valence electrons. The summed E-state index contributed by atoms with van der Waals surface area (Å²) in [6.07, 6.45) is 0. The van der Waals surface area contributed by atoms with Crippen molar-refractivity contribution in [2.75, 3.05) is 6.61 Å². The lowest BCUT2D eigenvalue weighted by Gasteiger charge is -2.10. The van der Waals surface area contributed by atoms with Gasteiger partial charge in [0.1, 0.15) is 18.1 Å². The molecule has 1 heterocycles. The molecule has 0 radical (unpaired) electrons. The fourth-order valence-electron chi connectivity index (χ4n) is 2.46. The van der Waals surface area contributed by atoms with Gasteiger partial charge in [0.2, 0.25) is 0 Å². The van der Waals surface area contributed by atoms with Crippen LogP contribution in [0.4, 0.5) is 0 Å². The lowest BCUT2D eigenvalue weighted by atomic mass is 10.1. The Morgan fingerprint density at radius 3 is 2.42 bits per heavy atom. The second-order valence-electron chi connectivity index (χ2n) is 5.45. The number of nitrogens with zero attached hydrogens (tertiary/aromatic N) is 1. The van der Waals surface area contributed by atoms with E-state index in [9.17, 15) is 4.79 Å². The smallest absolute Gasteiger partial charge is 0.255 e. The first kappa shape index (κ1) is 15.8. The minimum atomic E-state index is -0.504. The number of carbonyl (C=O) groups is 1. The zero-order valence-electron chi connectivity index (χ0n) is 13.4. The minimum absolute atomic E-state index is 0.136. The average molecular weight is 322 g/mol. The highest BCUT2D eigenvalue weighted by Crippen LogP contribution is 2.22. The van der Waals surface area contributed by atoms with Crippen molar-refractivity contribution in [3.8, 4) is 11.5 Å². The zero-order chi connectivity index (χ0) is 16.9. The first-order chi connectivity index (χ1) is 11.6. The molecule has 0 aliphatic rings. The van der Waals surface area contributed by atoms with Crippen molar-refractivity contribution < 1.29 is 14.3 Å². The number of ether oxygens (including phenoxy) is 2. The highest BCUT2D eigenvalue weighted by Gasteiger charge is 2.05. The molecule has 0 atom stereocenters. The molecule has 0 aliphatic carbocycles. The van der Waals surface area contributed by atoms with E-state index < -0.39 is 5.91 Å². The highest BCUT2D eigenvalue weighted by atomic mass is 16.5. The number of hydrogen-bond donors (Lipinski definition) is 1. The molecule has 1 amide bonds. The Bertz CT molecular complexity index is 860. The number of aromatic nitrogens is 1. The van der Waals surface area contributed by atoms with Crippen molar-refractivity contribution in [2.24, 2.45) is 5.73 Å². The van der Waals surface area contributed by atoms with Crippen LogP contribution in [0.3, 0.4) is 0 Å². The van der Waals surface area contributed by atoms with Gasteiger partial charge in [0.25, 0.3) is 5.91 Å². The Morgan fingerprint density at radius 1 is 1.04 bits per heavy atom. The molecule has 2 aromatic carbocycles. The van der Waals surface area contributed by atoms with E-state index in [1.165, 1.54) is 0 Å². The van der Waals surface area contributed by atoms with Crippen molar-refractivity contribution in [3.05, 3.63) is 65.9 Å². The molecule has 0 fully saturated rings. The van der Waals surface area contributed by atoms with Crippen molar-refractivity contribution in [2.45, 2.75) is 13.5 Å². The first-order valence-electron chi connectivity index (χ1n) is 7.61. The van der Waals surface area contributed by atoms with Crippen LogP contribution in [0.15, 0.2) is 54.6 Å². The van der Waals surface area contributed by atoms with Gasteiger partial charge in [0.15, 0.2) is 6.61 Å².